The topological polar surface area (TPSA) is 61.4 Å². The van der Waals surface area contributed by atoms with Crippen molar-refractivity contribution >= 4 is 6.03 Å². The Morgan fingerprint density at radius 3 is 2.71 bits per heavy atom. The van der Waals surface area contributed by atoms with Crippen LogP contribution in [0.4, 0.5) is 4.79 Å². The molecule has 98 valence electrons. The molecule has 2 aliphatic rings. The molecule has 0 aromatic heterocycles. The summed E-state index contributed by atoms with van der Waals surface area (Å²) in [6.45, 7) is 0.692. The van der Waals surface area contributed by atoms with Crippen molar-refractivity contribution in [3.63, 3.8) is 0 Å². The van der Waals surface area contributed by atoms with Crippen molar-refractivity contribution in [3.8, 4) is 0 Å². The van der Waals surface area contributed by atoms with E-state index in [-0.39, 0.29) is 12.6 Å². The van der Waals surface area contributed by atoms with Crippen molar-refractivity contribution in [3.05, 3.63) is 0 Å². The first-order valence-electron chi connectivity index (χ1n) is 6.96. The second-order valence-corrected chi connectivity index (χ2v) is 5.38. The molecule has 0 bridgehead atoms. The van der Waals surface area contributed by atoms with E-state index in [0.29, 0.717) is 19.0 Å². The summed E-state index contributed by atoms with van der Waals surface area (Å²) in [6, 6.07) is 0.342. The molecular weight excluding hydrogens is 216 g/mol. The number of hydrogen-bond acceptors (Lipinski definition) is 2. The summed E-state index contributed by atoms with van der Waals surface area (Å²) in [5.41, 5.74) is 0. The fraction of sp³-hybridized carbons (Fsp3) is 0.923. The number of urea groups is 1. The quantitative estimate of drug-likeness (QED) is 0.640. The number of nitrogens with one attached hydrogen (secondary N) is 2. The molecule has 0 spiro atoms. The van der Waals surface area contributed by atoms with E-state index < -0.39 is 0 Å². The molecule has 0 radical (unpaired) electrons. The van der Waals surface area contributed by atoms with Gasteiger partial charge in [0, 0.05) is 19.2 Å². The van der Waals surface area contributed by atoms with Crippen molar-refractivity contribution < 1.29 is 9.90 Å². The van der Waals surface area contributed by atoms with Gasteiger partial charge in [-0.2, -0.15) is 0 Å². The van der Waals surface area contributed by atoms with Crippen molar-refractivity contribution in [2.45, 2.75) is 51.0 Å². The lowest BCUT2D eigenvalue weighted by molar-refractivity contribution is 0.235. The maximum absolute atomic E-state index is 11.5. The predicted molar refractivity (Wildman–Crippen MR) is 66.7 cm³/mol. The molecule has 4 nitrogen and oxygen atoms in total. The molecule has 3 N–H and O–H groups in total. The number of amides is 2. The Balaban J connectivity index is 1.60. The molecule has 0 aromatic carbocycles. The Morgan fingerprint density at radius 1 is 1.24 bits per heavy atom. The second kappa shape index (κ2) is 6.24. The van der Waals surface area contributed by atoms with Crippen molar-refractivity contribution in [2.24, 2.45) is 11.8 Å². The summed E-state index contributed by atoms with van der Waals surface area (Å²) in [4.78, 5) is 11.5. The monoisotopic (exact) mass is 240 g/mol. The molecular formula is C13H24N2O2. The zero-order chi connectivity index (χ0) is 12.1. The highest BCUT2D eigenvalue weighted by molar-refractivity contribution is 5.74. The molecule has 2 amide bonds. The van der Waals surface area contributed by atoms with Crippen LogP contribution in [0.5, 0.6) is 0 Å². The molecule has 2 saturated carbocycles. The molecule has 0 saturated heterocycles. The van der Waals surface area contributed by atoms with Gasteiger partial charge in [-0.05, 0) is 24.7 Å². The highest BCUT2D eigenvalue weighted by atomic mass is 16.3. The first kappa shape index (κ1) is 12.7. The lowest BCUT2D eigenvalue weighted by Crippen LogP contribution is -2.38. The fourth-order valence-corrected chi connectivity index (χ4v) is 2.96. The molecule has 2 rings (SSSR count). The summed E-state index contributed by atoms with van der Waals surface area (Å²) in [6.07, 6.45) is 8.64. The van der Waals surface area contributed by atoms with E-state index in [1.807, 2.05) is 0 Å². The third-order valence-electron chi connectivity index (χ3n) is 4.03. The SMILES string of the molecule is O=C(NCCCO)NC1CC1C1CCCCC1. The first-order chi connectivity index (χ1) is 8.31. The fourth-order valence-electron chi connectivity index (χ4n) is 2.96. The van der Waals surface area contributed by atoms with Crippen LogP contribution in [0.25, 0.3) is 0 Å². The van der Waals surface area contributed by atoms with Crippen LogP contribution in [0.1, 0.15) is 44.9 Å². The highest BCUT2D eigenvalue weighted by Crippen LogP contribution is 2.44. The Bertz CT molecular complexity index is 252. The Morgan fingerprint density at radius 2 is 2.00 bits per heavy atom. The van der Waals surface area contributed by atoms with E-state index in [0.717, 1.165) is 18.3 Å². The third-order valence-corrected chi connectivity index (χ3v) is 4.03. The average Bonchev–Trinajstić information content (AvgIpc) is 3.10. The number of hydrogen-bond donors (Lipinski definition) is 3. The average molecular weight is 240 g/mol. The molecule has 0 aliphatic heterocycles. The summed E-state index contributed by atoms with van der Waals surface area (Å²) >= 11 is 0. The van der Waals surface area contributed by atoms with E-state index in [2.05, 4.69) is 10.6 Å². The molecule has 0 heterocycles. The van der Waals surface area contributed by atoms with Crippen molar-refractivity contribution in [2.75, 3.05) is 13.2 Å². The standard InChI is InChI=1S/C13H24N2O2/c16-8-4-7-14-13(17)15-12-9-11(12)10-5-2-1-3-6-10/h10-12,16H,1-9H2,(H2,14,15,17). The zero-order valence-corrected chi connectivity index (χ0v) is 10.5. The van der Waals surface area contributed by atoms with Gasteiger partial charge in [0.2, 0.25) is 0 Å². The van der Waals surface area contributed by atoms with Crippen LogP contribution in [-0.4, -0.2) is 30.3 Å². The smallest absolute Gasteiger partial charge is 0.315 e. The van der Waals surface area contributed by atoms with Crippen molar-refractivity contribution in [1.29, 1.82) is 0 Å². The van der Waals surface area contributed by atoms with Crippen LogP contribution in [0.3, 0.4) is 0 Å². The molecule has 2 atom stereocenters. The van der Waals surface area contributed by atoms with Crippen LogP contribution >= 0.6 is 0 Å². The van der Waals surface area contributed by atoms with E-state index in [4.69, 9.17) is 5.11 Å². The van der Waals surface area contributed by atoms with Gasteiger partial charge in [-0.15, -0.1) is 0 Å². The Kier molecular flexibility index (Phi) is 4.66. The minimum absolute atomic E-state index is 0.0678. The maximum atomic E-state index is 11.5. The largest absolute Gasteiger partial charge is 0.396 e. The Labute approximate surface area is 103 Å². The van der Waals surface area contributed by atoms with Gasteiger partial charge in [0.15, 0.2) is 0 Å². The predicted octanol–water partition coefficient (Wildman–Crippen LogP) is 1.64. The van der Waals surface area contributed by atoms with E-state index >= 15 is 0 Å². The van der Waals surface area contributed by atoms with Gasteiger partial charge in [-0.1, -0.05) is 32.1 Å². The zero-order valence-electron chi connectivity index (χ0n) is 10.5. The number of aliphatic hydroxyl groups excluding tert-OH is 1. The normalized spacial score (nSPS) is 28.8. The lowest BCUT2D eigenvalue weighted by atomic mass is 9.85. The van der Waals surface area contributed by atoms with E-state index in [9.17, 15) is 4.79 Å². The molecule has 4 heteroatoms. The minimum Gasteiger partial charge on any atom is -0.396 e. The van der Waals surface area contributed by atoms with Gasteiger partial charge in [-0.25, -0.2) is 4.79 Å². The highest BCUT2D eigenvalue weighted by Gasteiger charge is 2.43. The second-order valence-electron chi connectivity index (χ2n) is 5.38. The van der Waals surface area contributed by atoms with Gasteiger partial charge in [-0.3, -0.25) is 0 Å². The van der Waals surface area contributed by atoms with Crippen LogP contribution in [0.2, 0.25) is 0 Å². The molecule has 2 unspecified atom stereocenters. The van der Waals surface area contributed by atoms with Crippen LogP contribution in [0.15, 0.2) is 0 Å². The van der Waals surface area contributed by atoms with Gasteiger partial charge in [0.05, 0.1) is 0 Å². The summed E-state index contributed by atoms with van der Waals surface area (Å²) in [5.74, 6) is 1.59. The molecule has 0 aromatic rings. The van der Waals surface area contributed by atoms with E-state index in [1.165, 1.54) is 32.1 Å². The van der Waals surface area contributed by atoms with Gasteiger partial charge in [0.1, 0.15) is 0 Å². The van der Waals surface area contributed by atoms with Crippen LogP contribution in [0, 0.1) is 11.8 Å². The number of carbonyl (C=O) groups excluding carboxylic acids is 1. The van der Waals surface area contributed by atoms with Gasteiger partial charge in [0.25, 0.3) is 0 Å². The lowest BCUT2D eigenvalue weighted by Gasteiger charge is -2.21. The van der Waals surface area contributed by atoms with E-state index in [1.54, 1.807) is 0 Å². The van der Waals surface area contributed by atoms with Crippen LogP contribution in [-0.2, 0) is 0 Å². The maximum Gasteiger partial charge on any atom is 0.315 e. The summed E-state index contributed by atoms with van der Waals surface area (Å²) in [5, 5.41) is 14.4. The van der Waals surface area contributed by atoms with Gasteiger partial charge < -0.3 is 15.7 Å². The number of aliphatic hydroxyl groups is 1. The number of rotatable bonds is 5. The number of carbonyl (C=O) groups is 1. The molecule has 2 aliphatic carbocycles. The summed E-state index contributed by atoms with van der Waals surface area (Å²) < 4.78 is 0. The first-order valence-corrected chi connectivity index (χ1v) is 6.96. The Hall–Kier alpha value is -0.770. The molecule has 2 fully saturated rings. The molecule has 17 heavy (non-hydrogen) atoms. The van der Waals surface area contributed by atoms with Crippen molar-refractivity contribution in [1.82, 2.24) is 10.6 Å². The minimum atomic E-state index is -0.0678. The summed E-state index contributed by atoms with van der Waals surface area (Å²) in [7, 11) is 0. The van der Waals surface area contributed by atoms with Crippen LogP contribution < -0.4 is 10.6 Å². The third kappa shape index (κ3) is 3.87. The van der Waals surface area contributed by atoms with Gasteiger partial charge >= 0.3 is 6.03 Å².